The number of hydrogen-bond acceptors (Lipinski definition) is 3. The van der Waals surface area contributed by atoms with Crippen molar-refractivity contribution in [2.45, 2.75) is 47.1 Å². The third-order valence-electron chi connectivity index (χ3n) is 6.04. The number of nitrogens with one attached hydrogen (secondary N) is 3. The highest BCUT2D eigenvalue weighted by molar-refractivity contribution is 6.07. The number of aromatic nitrogens is 1. The van der Waals surface area contributed by atoms with Crippen molar-refractivity contribution < 1.29 is 14.4 Å². The van der Waals surface area contributed by atoms with Crippen LogP contribution in [0.5, 0.6) is 0 Å². The lowest BCUT2D eigenvalue weighted by atomic mass is 9.92. The highest BCUT2D eigenvalue weighted by Crippen LogP contribution is 2.26. The molecule has 4 aromatic rings. The lowest BCUT2D eigenvalue weighted by Gasteiger charge is -2.17. The highest BCUT2D eigenvalue weighted by atomic mass is 16.2. The van der Waals surface area contributed by atoms with E-state index in [9.17, 15) is 14.4 Å². The molecule has 0 fully saturated rings. The first kappa shape index (κ1) is 26.7. The fraction of sp³-hybridized carbons (Fsp3) is 0.258. The van der Waals surface area contributed by atoms with Gasteiger partial charge in [0.2, 0.25) is 11.8 Å². The Hall–Kier alpha value is -4.39. The van der Waals surface area contributed by atoms with E-state index in [1.54, 1.807) is 24.3 Å². The zero-order valence-electron chi connectivity index (χ0n) is 22.3. The number of aryl methyl sites for hydroxylation is 2. The Kier molecular flexibility index (Phi) is 7.96. The zero-order valence-corrected chi connectivity index (χ0v) is 22.3. The Balaban J connectivity index is 1.61. The fourth-order valence-electron chi connectivity index (χ4n) is 4.39. The van der Waals surface area contributed by atoms with Crippen LogP contribution >= 0.6 is 0 Å². The molecular formula is C31H34N4O3. The largest absolute Gasteiger partial charge is 0.336 e. The first-order chi connectivity index (χ1) is 18.1. The third kappa shape index (κ3) is 7.09. The van der Waals surface area contributed by atoms with Gasteiger partial charge in [0.05, 0.1) is 0 Å². The Bertz CT molecular complexity index is 1450. The Morgan fingerprint density at radius 2 is 1.39 bits per heavy atom. The molecule has 1 aromatic heterocycles. The van der Waals surface area contributed by atoms with Crippen LogP contribution in [0.25, 0.3) is 10.9 Å². The number of rotatable bonds is 8. The maximum atomic E-state index is 13.4. The van der Waals surface area contributed by atoms with E-state index >= 15 is 0 Å². The molecule has 38 heavy (non-hydrogen) atoms. The fourth-order valence-corrected chi connectivity index (χ4v) is 4.39. The molecule has 3 amide bonds. The standard InChI is InChI=1S/C31H34N4O3/c1-21(36)32-24-10-12-25(13-11-24)34-30(38)28-19-23-18-26(33-29(37)20-31(2,3)4)14-15-27(23)35(28)17-16-22-8-6-5-7-9-22/h5-15,18-19H,16-17,20H2,1-4H3,(H,32,36)(H,33,37)(H,34,38). The molecule has 0 spiro atoms. The molecular weight excluding hydrogens is 476 g/mol. The van der Waals surface area contributed by atoms with Gasteiger partial charge in [-0.3, -0.25) is 14.4 Å². The molecule has 0 atom stereocenters. The van der Waals surface area contributed by atoms with E-state index in [-0.39, 0.29) is 23.1 Å². The van der Waals surface area contributed by atoms with E-state index in [0.29, 0.717) is 35.7 Å². The number of fused-ring (bicyclic) bond motifs is 1. The second-order valence-electron chi connectivity index (χ2n) is 10.7. The Labute approximate surface area is 223 Å². The van der Waals surface area contributed by atoms with Crippen molar-refractivity contribution in [2.24, 2.45) is 5.41 Å². The number of nitrogens with zero attached hydrogens (tertiary/aromatic N) is 1. The molecule has 3 N–H and O–H groups in total. The van der Waals surface area contributed by atoms with E-state index in [2.05, 4.69) is 28.1 Å². The summed E-state index contributed by atoms with van der Waals surface area (Å²) in [6.45, 7) is 8.15. The molecule has 7 heteroatoms. The summed E-state index contributed by atoms with van der Waals surface area (Å²) in [5.74, 6) is -0.431. The van der Waals surface area contributed by atoms with Crippen LogP contribution in [-0.2, 0) is 22.6 Å². The van der Waals surface area contributed by atoms with Gasteiger partial charge < -0.3 is 20.5 Å². The minimum absolute atomic E-state index is 0.0407. The highest BCUT2D eigenvalue weighted by Gasteiger charge is 2.19. The van der Waals surface area contributed by atoms with Crippen molar-refractivity contribution in [2.75, 3.05) is 16.0 Å². The van der Waals surface area contributed by atoms with Crippen molar-refractivity contribution in [3.8, 4) is 0 Å². The predicted octanol–water partition coefficient (Wildman–Crippen LogP) is 6.47. The predicted molar refractivity (Wildman–Crippen MR) is 153 cm³/mol. The van der Waals surface area contributed by atoms with Gasteiger partial charge in [0.25, 0.3) is 5.91 Å². The SMILES string of the molecule is CC(=O)Nc1ccc(NC(=O)c2cc3cc(NC(=O)CC(C)(C)C)ccc3n2CCc2ccccc2)cc1. The maximum Gasteiger partial charge on any atom is 0.272 e. The van der Waals surface area contributed by atoms with Crippen LogP contribution in [0.3, 0.4) is 0 Å². The van der Waals surface area contributed by atoms with Crippen molar-refractivity contribution in [1.29, 1.82) is 0 Å². The molecule has 0 aliphatic carbocycles. The number of carbonyl (C=O) groups excluding carboxylic acids is 3. The van der Waals surface area contributed by atoms with Crippen molar-refractivity contribution in [1.82, 2.24) is 4.57 Å². The smallest absolute Gasteiger partial charge is 0.272 e. The van der Waals surface area contributed by atoms with Gasteiger partial charge in [0.15, 0.2) is 0 Å². The van der Waals surface area contributed by atoms with Gasteiger partial charge in [-0.05, 0) is 65.9 Å². The maximum absolute atomic E-state index is 13.4. The van der Waals surface area contributed by atoms with Gasteiger partial charge in [-0.2, -0.15) is 0 Å². The summed E-state index contributed by atoms with van der Waals surface area (Å²) in [4.78, 5) is 37.2. The molecule has 196 valence electrons. The van der Waals surface area contributed by atoms with Crippen molar-refractivity contribution in [3.05, 3.63) is 90.1 Å². The van der Waals surface area contributed by atoms with Gasteiger partial charge >= 0.3 is 0 Å². The van der Waals surface area contributed by atoms with E-state index < -0.39 is 0 Å². The normalized spacial score (nSPS) is 11.3. The van der Waals surface area contributed by atoms with Gasteiger partial charge in [0.1, 0.15) is 5.69 Å². The van der Waals surface area contributed by atoms with Crippen LogP contribution in [0, 0.1) is 5.41 Å². The summed E-state index contributed by atoms with van der Waals surface area (Å²) >= 11 is 0. The van der Waals surface area contributed by atoms with Gasteiger partial charge in [-0.25, -0.2) is 0 Å². The Morgan fingerprint density at radius 1 is 0.763 bits per heavy atom. The molecule has 0 unspecified atom stereocenters. The zero-order chi connectivity index (χ0) is 27.3. The molecule has 0 aliphatic rings. The topological polar surface area (TPSA) is 92.2 Å². The van der Waals surface area contributed by atoms with E-state index in [1.807, 2.05) is 67.8 Å². The molecule has 0 saturated carbocycles. The second-order valence-corrected chi connectivity index (χ2v) is 10.7. The quantitative estimate of drug-likeness (QED) is 0.254. The number of carbonyl (C=O) groups is 3. The first-order valence-electron chi connectivity index (χ1n) is 12.7. The van der Waals surface area contributed by atoms with Crippen LogP contribution in [-0.4, -0.2) is 22.3 Å². The van der Waals surface area contributed by atoms with Crippen molar-refractivity contribution in [3.63, 3.8) is 0 Å². The molecule has 0 radical (unpaired) electrons. The number of benzene rings is 3. The number of amides is 3. The summed E-state index contributed by atoms with van der Waals surface area (Å²) in [5, 5.41) is 9.55. The summed E-state index contributed by atoms with van der Waals surface area (Å²) in [6, 6.07) is 24.7. The van der Waals surface area contributed by atoms with Crippen LogP contribution in [0.2, 0.25) is 0 Å². The molecule has 0 saturated heterocycles. The minimum Gasteiger partial charge on any atom is -0.336 e. The average molecular weight is 511 g/mol. The lowest BCUT2D eigenvalue weighted by Crippen LogP contribution is -2.19. The molecule has 0 aliphatic heterocycles. The molecule has 3 aromatic carbocycles. The second kappa shape index (κ2) is 11.3. The van der Waals surface area contributed by atoms with Crippen molar-refractivity contribution >= 4 is 45.7 Å². The average Bonchev–Trinajstić information content (AvgIpc) is 3.21. The van der Waals surface area contributed by atoms with Crippen LogP contribution < -0.4 is 16.0 Å². The Morgan fingerprint density at radius 3 is 2.03 bits per heavy atom. The molecule has 0 bridgehead atoms. The van der Waals surface area contributed by atoms with E-state index in [4.69, 9.17) is 0 Å². The van der Waals surface area contributed by atoms with E-state index in [0.717, 1.165) is 17.3 Å². The van der Waals surface area contributed by atoms with E-state index in [1.165, 1.54) is 12.5 Å². The summed E-state index contributed by atoms with van der Waals surface area (Å²) < 4.78 is 2.02. The number of hydrogen-bond donors (Lipinski definition) is 3. The number of anilines is 3. The summed E-state index contributed by atoms with van der Waals surface area (Å²) in [7, 11) is 0. The summed E-state index contributed by atoms with van der Waals surface area (Å²) in [5.41, 5.74) is 4.50. The molecule has 4 rings (SSSR count). The minimum atomic E-state index is -0.236. The van der Waals surface area contributed by atoms with Crippen LogP contribution in [0.15, 0.2) is 78.9 Å². The van der Waals surface area contributed by atoms with Crippen LogP contribution in [0.4, 0.5) is 17.1 Å². The van der Waals surface area contributed by atoms with Crippen LogP contribution in [0.1, 0.15) is 50.2 Å². The monoisotopic (exact) mass is 510 g/mol. The van der Waals surface area contributed by atoms with Gasteiger partial charge in [-0.1, -0.05) is 51.1 Å². The third-order valence-corrected chi connectivity index (χ3v) is 6.04. The summed E-state index contributed by atoms with van der Waals surface area (Å²) in [6.07, 6.45) is 1.18. The van der Waals surface area contributed by atoms with Gasteiger partial charge in [0, 0.05) is 47.9 Å². The van der Waals surface area contributed by atoms with Gasteiger partial charge in [-0.15, -0.1) is 0 Å². The molecule has 7 nitrogen and oxygen atoms in total. The first-order valence-corrected chi connectivity index (χ1v) is 12.7. The lowest BCUT2D eigenvalue weighted by molar-refractivity contribution is -0.118. The molecule has 1 heterocycles.